The lowest BCUT2D eigenvalue weighted by molar-refractivity contribution is 0.0913. The van der Waals surface area contributed by atoms with Crippen molar-refractivity contribution >= 4 is 11.9 Å². The maximum atomic E-state index is 12.0. The predicted octanol–water partition coefficient (Wildman–Crippen LogP) is 1.17. The molecule has 0 fully saturated rings. The first-order valence-electron chi connectivity index (χ1n) is 6.71. The number of aliphatic imine (C=N–C) groups is 1. The Morgan fingerprint density at radius 3 is 3.05 bits per heavy atom. The molecule has 0 saturated heterocycles. The molecule has 1 aliphatic rings. The predicted molar refractivity (Wildman–Crippen MR) is 76.6 cm³/mol. The molecule has 1 amide bonds. The lowest BCUT2D eigenvalue weighted by atomic mass is 10.0. The van der Waals surface area contributed by atoms with Crippen molar-refractivity contribution in [2.24, 2.45) is 10.7 Å². The third kappa shape index (κ3) is 3.14. The Morgan fingerprint density at radius 2 is 2.35 bits per heavy atom. The minimum atomic E-state index is -0.290. The molecule has 0 bridgehead atoms. The highest BCUT2D eigenvalue weighted by atomic mass is 16.5. The SMILES string of the molecule is CN=C(N)NC(=O)c1cnc2c(c1)CCCCC2OC. The van der Waals surface area contributed by atoms with E-state index in [-0.39, 0.29) is 18.0 Å². The molecular formula is C14H20N4O2. The highest BCUT2D eigenvalue weighted by Gasteiger charge is 2.21. The van der Waals surface area contributed by atoms with Crippen molar-refractivity contribution in [3.63, 3.8) is 0 Å². The van der Waals surface area contributed by atoms with Crippen LogP contribution in [-0.2, 0) is 11.2 Å². The molecule has 3 N–H and O–H groups in total. The number of amides is 1. The van der Waals surface area contributed by atoms with Crippen molar-refractivity contribution in [2.45, 2.75) is 31.8 Å². The molecule has 1 atom stereocenters. The minimum absolute atomic E-state index is 0.0203. The molecule has 1 heterocycles. The average molecular weight is 276 g/mol. The second kappa shape index (κ2) is 6.47. The zero-order valence-electron chi connectivity index (χ0n) is 11.8. The molecule has 1 aliphatic carbocycles. The summed E-state index contributed by atoms with van der Waals surface area (Å²) in [6.45, 7) is 0. The fourth-order valence-corrected chi connectivity index (χ4v) is 2.39. The number of carbonyl (C=O) groups is 1. The number of pyridine rings is 1. The van der Waals surface area contributed by atoms with Crippen molar-refractivity contribution < 1.29 is 9.53 Å². The van der Waals surface area contributed by atoms with E-state index in [2.05, 4.69) is 15.3 Å². The Hall–Kier alpha value is -1.95. The van der Waals surface area contributed by atoms with E-state index in [1.807, 2.05) is 6.07 Å². The monoisotopic (exact) mass is 276 g/mol. The number of aromatic nitrogens is 1. The first-order valence-corrected chi connectivity index (χ1v) is 6.71. The van der Waals surface area contributed by atoms with E-state index in [9.17, 15) is 4.79 Å². The molecule has 0 radical (unpaired) electrons. The second-order valence-electron chi connectivity index (χ2n) is 4.80. The van der Waals surface area contributed by atoms with Crippen LogP contribution in [0.3, 0.4) is 0 Å². The Morgan fingerprint density at radius 1 is 1.55 bits per heavy atom. The number of aryl methyl sites for hydroxylation is 1. The fourth-order valence-electron chi connectivity index (χ4n) is 2.39. The first kappa shape index (κ1) is 14.5. The Balaban J connectivity index is 2.26. The van der Waals surface area contributed by atoms with Crippen LogP contribution in [-0.4, -0.2) is 31.0 Å². The molecule has 0 saturated carbocycles. The normalized spacial score (nSPS) is 19.1. The molecule has 6 nitrogen and oxygen atoms in total. The maximum Gasteiger partial charge on any atom is 0.259 e. The second-order valence-corrected chi connectivity index (χ2v) is 4.80. The van der Waals surface area contributed by atoms with E-state index >= 15 is 0 Å². The number of hydrogen-bond acceptors (Lipinski definition) is 4. The fraction of sp³-hybridized carbons (Fsp3) is 0.500. The topological polar surface area (TPSA) is 89.6 Å². The lowest BCUT2D eigenvalue weighted by Crippen LogP contribution is -2.36. The summed E-state index contributed by atoms with van der Waals surface area (Å²) in [7, 11) is 3.22. The van der Waals surface area contributed by atoms with E-state index < -0.39 is 0 Å². The van der Waals surface area contributed by atoms with Gasteiger partial charge < -0.3 is 10.5 Å². The largest absolute Gasteiger partial charge is 0.375 e. The number of nitrogens with one attached hydrogen (secondary N) is 1. The van der Waals surface area contributed by atoms with Crippen LogP contribution in [0.2, 0.25) is 0 Å². The number of fused-ring (bicyclic) bond motifs is 1. The van der Waals surface area contributed by atoms with Crippen molar-refractivity contribution in [3.8, 4) is 0 Å². The number of ether oxygens (including phenoxy) is 1. The third-order valence-corrected chi connectivity index (χ3v) is 3.50. The molecule has 6 heteroatoms. The number of hydrogen-bond donors (Lipinski definition) is 2. The quantitative estimate of drug-likeness (QED) is 0.482. The highest BCUT2D eigenvalue weighted by Crippen LogP contribution is 2.29. The Kier molecular flexibility index (Phi) is 4.68. The van der Waals surface area contributed by atoms with Gasteiger partial charge >= 0.3 is 0 Å². The summed E-state index contributed by atoms with van der Waals surface area (Å²) < 4.78 is 5.48. The van der Waals surface area contributed by atoms with E-state index in [1.165, 1.54) is 7.05 Å². The van der Waals surface area contributed by atoms with Crippen LogP contribution in [0.1, 0.15) is 47.0 Å². The molecule has 0 aliphatic heterocycles. The molecular weight excluding hydrogens is 256 g/mol. The summed E-state index contributed by atoms with van der Waals surface area (Å²) >= 11 is 0. The Labute approximate surface area is 118 Å². The highest BCUT2D eigenvalue weighted by molar-refractivity contribution is 6.05. The lowest BCUT2D eigenvalue weighted by Gasteiger charge is -2.15. The molecule has 1 aromatic heterocycles. The van der Waals surface area contributed by atoms with Gasteiger partial charge in [-0.3, -0.25) is 20.1 Å². The van der Waals surface area contributed by atoms with Crippen LogP contribution in [0, 0.1) is 0 Å². The number of methoxy groups -OCH3 is 1. The van der Waals surface area contributed by atoms with Crippen LogP contribution < -0.4 is 11.1 Å². The maximum absolute atomic E-state index is 12.0. The first-order chi connectivity index (χ1) is 9.65. The van der Waals surface area contributed by atoms with Gasteiger partial charge in [-0.15, -0.1) is 0 Å². The summed E-state index contributed by atoms with van der Waals surface area (Å²) in [5.41, 5.74) is 8.01. The van der Waals surface area contributed by atoms with Gasteiger partial charge in [0.05, 0.1) is 17.4 Å². The van der Waals surface area contributed by atoms with E-state index in [4.69, 9.17) is 10.5 Å². The number of carbonyl (C=O) groups excluding carboxylic acids is 1. The number of guanidine groups is 1. The minimum Gasteiger partial charge on any atom is -0.375 e. The van der Waals surface area contributed by atoms with E-state index in [0.29, 0.717) is 5.56 Å². The number of nitrogens with zero attached hydrogens (tertiary/aromatic N) is 2. The van der Waals surface area contributed by atoms with Gasteiger partial charge in [0.25, 0.3) is 5.91 Å². The third-order valence-electron chi connectivity index (χ3n) is 3.50. The van der Waals surface area contributed by atoms with Crippen molar-refractivity contribution in [1.29, 1.82) is 0 Å². The summed E-state index contributed by atoms with van der Waals surface area (Å²) in [5.74, 6) is -0.193. The standard InChI is InChI=1S/C14H20N4O2/c1-16-14(15)18-13(19)10-7-9-5-3-4-6-11(20-2)12(9)17-8-10/h7-8,11H,3-6H2,1-2H3,(H3,15,16,18,19). The van der Waals surface area contributed by atoms with Gasteiger partial charge in [0.2, 0.25) is 0 Å². The van der Waals surface area contributed by atoms with Crippen molar-refractivity contribution in [3.05, 3.63) is 29.1 Å². The Bertz CT molecular complexity index is 528. The van der Waals surface area contributed by atoms with Crippen LogP contribution >= 0.6 is 0 Å². The molecule has 20 heavy (non-hydrogen) atoms. The van der Waals surface area contributed by atoms with Gasteiger partial charge in [0.1, 0.15) is 0 Å². The smallest absolute Gasteiger partial charge is 0.259 e. The van der Waals surface area contributed by atoms with E-state index in [1.54, 1.807) is 13.3 Å². The van der Waals surface area contributed by atoms with Gasteiger partial charge in [0.15, 0.2) is 5.96 Å². The molecule has 108 valence electrons. The molecule has 1 aromatic rings. The summed E-state index contributed by atoms with van der Waals surface area (Å²) in [6, 6.07) is 1.87. The molecule has 1 unspecified atom stereocenters. The molecule has 0 spiro atoms. The zero-order chi connectivity index (χ0) is 14.5. The average Bonchev–Trinajstić information content (AvgIpc) is 2.67. The van der Waals surface area contributed by atoms with E-state index in [0.717, 1.165) is 36.9 Å². The summed E-state index contributed by atoms with van der Waals surface area (Å²) in [6.07, 6.45) is 5.66. The van der Waals surface area contributed by atoms with Crippen molar-refractivity contribution in [2.75, 3.05) is 14.2 Å². The molecule has 2 rings (SSSR count). The summed E-state index contributed by atoms with van der Waals surface area (Å²) in [5, 5.41) is 2.51. The van der Waals surface area contributed by atoms with Crippen LogP contribution in [0.15, 0.2) is 17.3 Å². The van der Waals surface area contributed by atoms with Crippen LogP contribution in [0.25, 0.3) is 0 Å². The summed E-state index contributed by atoms with van der Waals surface area (Å²) in [4.78, 5) is 20.1. The van der Waals surface area contributed by atoms with Crippen LogP contribution in [0.5, 0.6) is 0 Å². The number of rotatable bonds is 2. The zero-order valence-corrected chi connectivity index (χ0v) is 11.8. The van der Waals surface area contributed by atoms with Crippen LogP contribution in [0.4, 0.5) is 0 Å². The van der Waals surface area contributed by atoms with Gasteiger partial charge in [0, 0.05) is 20.4 Å². The number of nitrogens with two attached hydrogens (primary N) is 1. The van der Waals surface area contributed by atoms with Gasteiger partial charge in [-0.2, -0.15) is 0 Å². The van der Waals surface area contributed by atoms with Crippen molar-refractivity contribution in [1.82, 2.24) is 10.3 Å². The van der Waals surface area contributed by atoms with Gasteiger partial charge in [-0.25, -0.2) is 0 Å². The molecule has 0 aromatic carbocycles. The van der Waals surface area contributed by atoms with Gasteiger partial charge in [-0.1, -0.05) is 6.42 Å². The van der Waals surface area contributed by atoms with Gasteiger partial charge in [-0.05, 0) is 30.9 Å².